The Morgan fingerprint density at radius 2 is 1.62 bits per heavy atom. The van der Waals surface area contributed by atoms with Crippen LogP contribution < -0.4 is 13.4 Å². The molecule has 0 amide bonds. The normalized spacial score (nSPS) is 15.1. The predicted molar refractivity (Wildman–Crippen MR) is 130 cm³/mol. The maximum absolute atomic E-state index is 6.28. The van der Waals surface area contributed by atoms with E-state index in [4.69, 9.17) is 22.2 Å². The molecule has 0 spiro atoms. The van der Waals surface area contributed by atoms with E-state index in [1.165, 1.54) is 0 Å². The Morgan fingerprint density at radius 3 is 2.34 bits per heavy atom. The maximum Gasteiger partial charge on any atom is 0.287 e. The van der Waals surface area contributed by atoms with Crippen molar-refractivity contribution in [3.8, 4) is 23.0 Å². The fourth-order valence-electron chi connectivity index (χ4n) is 3.30. The third kappa shape index (κ3) is 5.10. The van der Waals surface area contributed by atoms with Crippen LogP contribution in [0.3, 0.4) is 0 Å². The van der Waals surface area contributed by atoms with Gasteiger partial charge in [-0.2, -0.15) is 0 Å². The molecule has 32 heavy (non-hydrogen) atoms. The van der Waals surface area contributed by atoms with Gasteiger partial charge in [-0.25, -0.2) is 0 Å². The van der Waals surface area contributed by atoms with Gasteiger partial charge < -0.3 is 18.0 Å². The smallest absolute Gasteiger partial charge is 0.287 e. The summed E-state index contributed by atoms with van der Waals surface area (Å²) in [4.78, 5) is 0. The zero-order chi connectivity index (χ0) is 22.3. The molecule has 0 fully saturated rings. The summed E-state index contributed by atoms with van der Waals surface area (Å²) in [6, 6.07) is 11.7. The molecule has 2 aromatic rings. The first-order valence-electron chi connectivity index (χ1n) is 9.96. The van der Waals surface area contributed by atoms with Crippen molar-refractivity contribution >= 4 is 20.7 Å². The van der Waals surface area contributed by atoms with Crippen molar-refractivity contribution in [2.75, 3.05) is 13.8 Å². The molecule has 1 heterocycles. The van der Waals surface area contributed by atoms with Crippen molar-refractivity contribution in [1.29, 1.82) is 0 Å². The van der Waals surface area contributed by atoms with Gasteiger partial charge >= 0.3 is 0 Å². The molecule has 164 valence electrons. The number of benzene rings is 2. The third-order valence-corrected chi connectivity index (χ3v) is 6.00. The third-order valence-electron chi connectivity index (χ3n) is 4.71. The number of hydrogen-bond acceptors (Lipinski definition) is 6. The summed E-state index contributed by atoms with van der Waals surface area (Å²) < 4.78 is 29.2. The highest BCUT2D eigenvalue weighted by atomic mass is 32.2. The Balaban J connectivity index is 1.56. The van der Waals surface area contributed by atoms with E-state index in [0.717, 1.165) is 29.0 Å². The summed E-state index contributed by atoms with van der Waals surface area (Å²) in [5.74, 6) is 3.27. The van der Waals surface area contributed by atoms with E-state index < -0.39 is 8.38 Å². The first-order valence-corrected chi connectivity index (χ1v) is 12.3. The van der Waals surface area contributed by atoms with E-state index in [0.29, 0.717) is 35.2 Å². The van der Waals surface area contributed by atoms with E-state index >= 15 is 0 Å². The van der Waals surface area contributed by atoms with Crippen molar-refractivity contribution < 1.29 is 22.2 Å². The predicted octanol–water partition coefficient (Wildman–Crippen LogP) is 7.43. The van der Waals surface area contributed by atoms with Crippen LogP contribution in [0.1, 0.15) is 11.1 Å². The summed E-state index contributed by atoms with van der Waals surface area (Å²) >= 11 is 0.897. The summed E-state index contributed by atoms with van der Waals surface area (Å²) in [5.41, 5.74) is 2.97. The SMILES string of the molecule is C=CC1=C(OP(C)Oc2cccc3c2Oc2c(cccc2OSOC)C3)C=CC=CC=C1. The Labute approximate surface area is 194 Å². The molecule has 2 aliphatic rings. The van der Waals surface area contributed by atoms with Gasteiger partial charge in [-0.15, -0.1) is 0 Å². The van der Waals surface area contributed by atoms with Crippen molar-refractivity contribution in [3.05, 3.63) is 108 Å². The Bertz CT molecular complexity index is 1120. The maximum atomic E-state index is 6.28. The minimum atomic E-state index is -1.28. The average molecular weight is 466 g/mol. The zero-order valence-electron chi connectivity index (χ0n) is 17.8. The molecule has 0 aromatic heterocycles. The van der Waals surface area contributed by atoms with E-state index in [2.05, 4.69) is 6.58 Å². The highest BCUT2D eigenvalue weighted by Gasteiger charge is 2.25. The lowest BCUT2D eigenvalue weighted by Gasteiger charge is -2.25. The molecule has 2 aromatic carbocycles. The molecule has 4 rings (SSSR count). The number of fused-ring (bicyclic) bond motifs is 2. The van der Waals surface area contributed by atoms with Crippen LogP contribution in [0, 0.1) is 0 Å². The molecule has 0 bridgehead atoms. The lowest BCUT2D eigenvalue weighted by atomic mass is 10.00. The van der Waals surface area contributed by atoms with Gasteiger partial charge in [0.15, 0.2) is 23.0 Å². The first kappa shape index (κ1) is 22.3. The second-order valence-corrected chi connectivity index (χ2v) is 8.72. The number of para-hydroxylation sites is 2. The zero-order valence-corrected chi connectivity index (χ0v) is 19.5. The molecule has 5 nitrogen and oxygen atoms in total. The van der Waals surface area contributed by atoms with Crippen LogP contribution in [-0.4, -0.2) is 13.8 Å². The second kappa shape index (κ2) is 10.6. The van der Waals surface area contributed by atoms with Crippen LogP contribution in [0.25, 0.3) is 0 Å². The van der Waals surface area contributed by atoms with Crippen LogP contribution in [0.2, 0.25) is 0 Å². The number of hydrogen-bond donors (Lipinski definition) is 0. The highest BCUT2D eigenvalue weighted by Crippen LogP contribution is 2.50. The molecule has 0 saturated heterocycles. The van der Waals surface area contributed by atoms with Gasteiger partial charge in [0.2, 0.25) is 12.3 Å². The van der Waals surface area contributed by atoms with Crippen molar-refractivity contribution in [2.24, 2.45) is 0 Å². The van der Waals surface area contributed by atoms with E-state index in [-0.39, 0.29) is 0 Å². The van der Waals surface area contributed by atoms with Crippen LogP contribution in [0.15, 0.2) is 96.8 Å². The van der Waals surface area contributed by atoms with Crippen molar-refractivity contribution in [2.45, 2.75) is 6.42 Å². The van der Waals surface area contributed by atoms with E-state index in [1.54, 1.807) is 13.2 Å². The Kier molecular flexibility index (Phi) is 7.38. The van der Waals surface area contributed by atoms with Crippen LogP contribution in [0.5, 0.6) is 23.0 Å². The monoisotopic (exact) mass is 466 g/mol. The molecule has 7 heteroatoms. The fourth-order valence-corrected chi connectivity index (χ4v) is 4.48. The lowest BCUT2D eigenvalue weighted by Crippen LogP contribution is -2.06. The minimum Gasteiger partial charge on any atom is -0.449 e. The number of rotatable bonds is 8. The fraction of sp³-hybridized carbons (Fsp3) is 0.120. The summed E-state index contributed by atoms with van der Waals surface area (Å²) in [7, 11) is 0.269. The van der Waals surface area contributed by atoms with Crippen molar-refractivity contribution in [1.82, 2.24) is 0 Å². The van der Waals surface area contributed by atoms with Crippen molar-refractivity contribution in [3.63, 3.8) is 0 Å². The van der Waals surface area contributed by atoms with E-state index in [9.17, 15) is 0 Å². The first-order chi connectivity index (χ1) is 15.7. The van der Waals surface area contributed by atoms with Crippen LogP contribution >= 0.6 is 20.7 Å². The second-order valence-electron chi connectivity index (χ2n) is 6.83. The molecule has 1 atom stereocenters. The lowest BCUT2D eigenvalue weighted by molar-refractivity contribution is 0.387. The van der Waals surface area contributed by atoms with Crippen LogP contribution in [-0.2, 0) is 15.1 Å². The van der Waals surface area contributed by atoms with E-state index in [1.807, 2.05) is 79.5 Å². The molecule has 1 aliphatic carbocycles. The summed E-state index contributed by atoms with van der Waals surface area (Å²) in [5, 5.41) is 0. The number of ether oxygens (including phenoxy) is 1. The number of allylic oxidation sites excluding steroid dienone is 8. The highest BCUT2D eigenvalue weighted by molar-refractivity contribution is 7.90. The summed E-state index contributed by atoms with van der Waals surface area (Å²) in [6.45, 7) is 5.80. The van der Waals surface area contributed by atoms with Gasteiger partial charge in [-0.1, -0.05) is 67.3 Å². The Morgan fingerprint density at radius 1 is 0.938 bits per heavy atom. The topological polar surface area (TPSA) is 46.2 Å². The van der Waals surface area contributed by atoms with Gasteiger partial charge in [-0.3, -0.25) is 4.18 Å². The van der Waals surface area contributed by atoms with Gasteiger partial charge in [0.25, 0.3) is 8.38 Å². The summed E-state index contributed by atoms with van der Waals surface area (Å²) in [6.07, 6.45) is 14.1. The molecular weight excluding hydrogens is 443 g/mol. The molecule has 0 radical (unpaired) electrons. The molecule has 0 saturated carbocycles. The largest absolute Gasteiger partial charge is 0.449 e. The van der Waals surface area contributed by atoms with Gasteiger partial charge in [0, 0.05) is 29.8 Å². The molecule has 0 N–H and O–H groups in total. The average Bonchev–Trinajstić information content (AvgIpc) is 2.78. The van der Waals surface area contributed by atoms with Gasteiger partial charge in [0.05, 0.1) is 7.11 Å². The minimum absolute atomic E-state index is 0.602. The molecule has 1 unspecified atom stereocenters. The standard InChI is InChI=1S/C25H23O5PS/c1-4-18-11-7-5-6-8-14-21(18)28-31(3)29-22-15-9-12-19-17-20-13-10-16-23(30-32-26-2)25(20)27-24(19)22/h4-16H,1,17H2,2-3H3. The van der Waals surface area contributed by atoms with Crippen LogP contribution in [0.4, 0.5) is 0 Å². The van der Waals surface area contributed by atoms with Gasteiger partial charge in [-0.05, 0) is 18.2 Å². The molecular formula is C25H23O5PS. The quantitative estimate of drug-likeness (QED) is 0.254. The Hall–Kier alpha value is -2.92. The van der Waals surface area contributed by atoms with Gasteiger partial charge in [0.1, 0.15) is 5.76 Å². The molecule has 1 aliphatic heterocycles.